The van der Waals surface area contributed by atoms with Crippen LogP contribution in [0.2, 0.25) is 0 Å². The number of hydrogen-bond donors (Lipinski definition) is 1. The highest BCUT2D eigenvalue weighted by Crippen LogP contribution is 2.37. The molecule has 1 saturated carbocycles. The van der Waals surface area contributed by atoms with E-state index in [4.69, 9.17) is 10.5 Å². The van der Waals surface area contributed by atoms with Crippen molar-refractivity contribution in [3.63, 3.8) is 0 Å². The van der Waals surface area contributed by atoms with Crippen LogP contribution >= 0.6 is 0 Å². The third-order valence-electron chi connectivity index (χ3n) is 3.33. The van der Waals surface area contributed by atoms with Gasteiger partial charge in [0.05, 0.1) is 23.8 Å². The maximum absolute atomic E-state index is 11.3. The quantitative estimate of drug-likeness (QED) is 0.831. The summed E-state index contributed by atoms with van der Waals surface area (Å²) in [5.74, 6) is -0.258. The van der Waals surface area contributed by atoms with E-state index in [-0.39, 0.29) is 19.0 Å². The second-order valence-corrected chi connectivity index (χ2v) is 4.91. The standard InChI is InChI=1S/C14H17N3O2/c15-6-5-14(18)19-8-10-1-4-13-12(7-10)16-9-17(13)11-2-3-11/h1,4,7,9,11H,2-3,5-6,8,15H2. The Hall–Kier alpha value is -1.88. The first-order chi connectivity index (χ1) is 9.28. The van der Waals surface area contributed by atoms with Crippen molar-refractivity contribution in [2.75, 3.05) is 6.54 Å². The van der Waals surface area contributed by atoms with Gasteiger partial charge in [-0.15, -0.1) is 0 Å². The Bertz CT molecular complexity index is 602. The van der Waals surface area contributed by atoms with E-state index < -0.39 is 0 Å². The summed E-state index contributed by atoms with van der Waals surface area (Å²) in [5.41, 5.74) is 8.36. The molecule has 1 heterocycles. The van der Waals surface area contributed by atoms with Gasteiger partial charge in [-0.3, -0.25) is 4.79 Å². The minimum absolute atomic E-state index is 0.258. The molecule has 1 aliphatic carbocycles. The molecule has 0 unspecified atom stereocenters. The molecule has 0 radical (unpaired) electrons. The van der Waals surface area contributed by atoms with Crippen molar-refractivity contribution in [1.29, 1.82) is 0 Å². The van der Waals surface area contributed by atoms with E-state index in [0.29, 0.717) is 12.6 Å². The number of rotatable bonds is 5. The lowest BCUT2D eigenvalue weighted by Crippen LogP contribution is -2.10. The second-order valence-electron chi connectivity index (χ2n) is 4.91. The summed E-state index contributed by atoms with van der Waals surface area (Å²) in [6.07, 6.45) is 4.64. The Morgan fingerprint density at radius 3 is 3.05 bits per heavy atom. The number of nitrogens with two attached hydrogens (primary N) is 1. The van der Waals surface area contributed by atoms with Gasteiger partial charge in [-0.05, 0) is 30.5 Å². The number of aromatic nitrogens is 2. The topological polar surface area (TPSA) is 70.1 Å². The fraction of sp³-hybridized carbons (Fsp3) is 0.429. The lowest BCUT2D eigenvalue weighted by molar-refractivity contribution is -0.144. The SMILES string of the molecule is NCCC(=O)OCc1ccc2c(c1)ncn2C1CC1. The molecule has 0 amide bonds. The average molecular weight is 259 g/mol. The zero-order chi connectivity index (χ0) is 13.2. The van der Waals surface area contributed by atoms with Crippen molar-refractivity contribution >= 4 is 17.0 Å². The molecule has 1 aromatic carbocycles. The Labute approximate surface area is 111 Å². The molecule has 2 aromatic rings. The third kappa shape index (κ3) is 2.61. The van der Waals surface area contributed by atoms with Gasteiger partial charge in [0.15, 0.2) is 0 Å². The second kappa shape index (κ2) is 5.01. The molecule has 5 nitrogen and oxygen atoms in total. The van der Waals surface area contributed by atoms with Crippen LogP contribution in [0.4, 0.5) is 0 Å². The molecule has 0 atom stereocenters. The molecule has 100 valence electrons. The zero-order valence-electron chi connectivity index (χ0n) is 10.7. The largest absolute Gasteiger partial charge is 0.461 e. The molecule has 19 heavy (non-hydrogen) atoms. The van der Waals surface area contributed by atoms with Crippen LogP contribution in [0.25, 0.3) is 11.0 Å². The summed E-state index contributed by atoms with van der Waals surface area (Å²) < 4.78 is 7.35. The maximum Gasteiger partial charge on any atom is 0.307 e. The van der Waals surface area contributed by atoms with Crippen molar-refractivity contribution in [2.24, 2.45) is 5.73 Å². The van der Waals surface area contributed by atoms with E-state index in [1.54, 1.807) is 0 Å². The highest BCUT2D eigenvalue weighted by atomic mass is 16.5. The van der Waals surface area contributed by atoms with Gasteiger partial charge in [-0.2, -0.15) is 0 Å². The van der Waals surface area contributed by atoms with Gasteiger partial charge in [0.2, 0.25) is 0 Å². The highest BCUT2D eigenvalue weighted by Gasteiger charge is 2.24. The Morgan fingerprint density at radius 1 is 1.47 bits per heavy atom. The molecule has 3 rings (SSSR count). The lowest BCUT2D eigenvalue weighted by atomic mass is 10.2. The van der Waals surface area contributed by atoms with E-state index in [9.17, 15) is 4.79 Å². The molecular weight excluding hydrogens is 242 g/mol. The minimum Gasteiger partial charge on any atom is -0.461 e. The molecule has 1 aliphatic rings. The molecule has 1 fully saturated rings. The van der Waals surface area contributed by atoms with Crippen LogP contribution in [0.5, 0.6) is 0 Å². The van der Waals surface area contributed by atoms with Crippen molar-refractivity contribution in [3.05, 3.63) is 30.1 Å². The van der Waals surface area contributed by atoms with Gasteiger partial charge in [-0.25, -0.2) is 4.98 Å². The van der Waals surface area contributed by atoms with Crippen LogP contribution in [-0.2, 0) is 16.1 Å². The van der Waals surface area contributed by atoms with Crippen LogP contribution in [0.1, 0.15) is 30.9 Å². The Balaban J connectivity index is 1.73. The first-order valence-corrected chi connectivity index (χ1v) is 6.59. The zero-order valence-corrected chi connectivity index (χ0v) is 10.7. The molecule has 0 saturated heterocycles. The molecule has 0 aliphatic heterocycles. The van der Waals surface area contributed by atoms with Crippen LogP contribution in [0.15, 0.2) is 24.5 Å². The van der Waals surface area contributed by atoms with E-state index in [1.807, 2.05) is 24.5 Å². The first-order valence-electron chi connectivity index (χ1n) is 6.59. The van der Waals surface area contributed by atoms with Gasteiger partial charge in [-0.1, -0.05) is 6.07 Å². The number of carbonyl (C=O) groups excluding carboxylic acids is 1. The van der Waals surface area contributed by atoms with Crippen molar-refractivity contribution in [1.82, 2.24) is 9.55 Å². The van der Waals surface area contributed by atoms with Crippen molar-refractivity contribution < 1.29 is 9.53 Å². The van der Waals surface area contributed by atoms with E-state index in [0.717, 1.165) is 16.6 Å². The fourth-order valence-electron chi connectivity index (χ4n) is 2.16. The summed E-state index contributed by atoms with van der Waals surface area (Å²) in [7, 11) is 0. The number of hydrogen-bond acceptors (Lipinski definition) is 4. The number of ether oxygens (including phenoxy) is 1. The number of fused-ring (bicyclic) bond motifs is 1. The summed E-state index contributed by atoms with van der Waals surface area (Å²) in [6.45, 7) is 0.606. The predicted octanol–water partition coefficient (Wildman–Crippen LogP) is 1.76. The van der Waals surface area contributed by atoms with Gasteiger partial charge in [0, 0.05) is 12.6 Å². The molecular formula is C14H17N3O2. The number of benzene rings is 1. The molecule has 0 spiro atoms. The van der Waals surface area contributed by atoms with Gasteiger partial charge < -0.3 is 15.0 Å². The summed E-state index contributed by atoms with van der Waals surface area (Å²) in [6, 6.07) is 6.63. The van der Waals surface area contributed by atoms with E-state index in [1.165, 1.54) is 12.8 Å². The van der Waals surface area contributed by atoms with E-state index in [2.05, 4.69) is 9.55 Å². The number of carbonyl (C=O) groups is 1. The summed E-state index contributed by atoms with van der Waals surface area (Å²) in [4.78, 5) is 15.7. The first kappa shape index (κ1) is 12.2. The fourth-order valence-corrected chi connectivity index (χ4v) is 2.16. The Kier molecular flexibility index (Phi) is 3.21. The predicted molar refractivity (Wildman–Crippen MR) is 71.5 cm³/mol. The van der Waals surface area contributed by atoms with Crippen LogP contribution in [-0.4, -0.2) is 22.1 Å². The van der Waals surface area contributed by atoms with Gasteiger partial charge >= 0.3 is 5.97 Å². The minimum atomic E-state index is -0.258. The van der Waals surface area contributed by atoms with Crippen molar-refractivity contribution in [3.8, 4) is 0 Å². The van der Waals surface area contributed by atoms with Gasteiger partial charge in [0.1, 0.15) is 6.61 Å². The summed E-state index contributed by atoms with van der Waals surface area (Å²) >= 11 is 0. The monoisotopic (exact) mass is 259 g/mol. The third-order valence-corrected chi connectivity index (χ3v) is 3.33. The van der Waals surface area contributed by atoms with Crippen LogP contribution < -0.4 is 5.73 Å². The number of esters is 1. The van der Waals surface area contributed by atoms with E-state index >= 15 is 0 Å². The molecule has 5 heteroatoms. The smallest absolute Gasteiger partial charge is 0.307 e. The average Bonchev–Trinajstić information content (AvgIpc) is 3.17. The molecule has 1 aromatic heterocycles. The highest BCUT2D eigenvalue weighted by molar-refractivity contribution is 5.76. The van der Waals surface area contributed by atoms with Crippen LogP contribution in [0.3, 0.4) is 0 Å². The number of imidazole rings is 1. The lowest BCUT2D eigenvalue weighted by Gasteiger charge is -2.05. The molecule has 2 N–H and O–H groups in total. The normalized spacial score (nSPS) is 14.8. The maximum atomic E-state index is 11.3. The van der Waals surface area contributed by atoms with Crippen LogP contribution in [0, 0.1) is 0 Å². The number of nitrogens with zero attached hydrogens (tertiary/aromatic N) is 2. The summed E-state index contributed by atoms with van der Waals surface area (Å²) in [5, 5.41) is 0. The van der Waals surface area contributed by atoms with Gasteiger partial charge in [0.25, 0.3) is 0 Å². The molecule has 0 bridgehead atoms. The Morgan fingerprint density at radius 2 is 2.32 bits per heavy atom. The van der Waals surface area contributed by atoms with Crippen molar-refractivity contribution in [2.45, 2.75) is 31.9 Å².